The molecule has 0 heterocycles. The lowest BCUT2D eigenvalue weighted by atomic mass is 10.3. The van der Waals surface area contributed by atoms with Gasteiger partial charge in [-0.3, -0.25) is 0 Å². The summed E-state index contributed by atoms with van der Waals surface area (Å²) in [6.45, 7) is 4.13. The minimum Gasteiger partial charge on any atom is -0.490 e. The maximum atomic E-state index is 5.63. The smallest absolute Gasteiger partial charge is 0.119 e. The molecular formula is C10H13BrO. The highest BCUT2D eigenvalue weighted by molar-refractivity contribution is 9.09. The van der Waals surface area contributed by atoms with Gasteiger partial charge in [0.05, 0.1) is 0 Å². The fraction of sp³-hybridized carbons (Fsp3) is 0.400. The molecule has 0 radical (unpaired) electrons. The molecule has 0 saturated heterocycles. The molecular weight excluding hydrogens is 216 g/mol. The third kappa shape index (κ3) is 2.86. The van der Waals surface area contributed by atoms with Crippen molar-refractivity contribution in [2.24, 2.45) is 0 Å². The first-order valence-corrected chi connectivity index (χ1v) is 4.97. The van der Waals surface area contributed by atoms with Gasteiger partial charge in [-0.25, -0.2) is 0 Å². The van der Waals surface area contributed by atoms with Crippen LogP contribution in [-0.4, -0.2) is 10.9 Å². The van der Waals surface area contributed by atoms with Gasteiger partial charge in [-0.1, -0.05) is 34.1 Å². The average Bonchev–Trinajstić information content (AvgIpc) is 2.06. The van der Waals surface area contributed by atoms with Crippen molar-refractivity contribution in [1.82, 2.24) is 0 Å². The molecule has 1 aromatic rings. The number of ether oxygens (including phenoxy) is 1. The molecule has 0 aromatic heterocycles. The highest BCUT2D eigenvalue weighted by atomic mass is 79.9. The van der Waals surface area contributed by atoms with Gasteiger partial charge in [-0.2, -0.15) is 0 Å². The predicted molar refractivity (Wildman–Crippen MR) is 54.9 cm³/mol. The van der Waals surface area contributed by atoms with Crippen LogP contribution >= 0.6 is 15.9 Å². The van der Waals surface area contributed by atoms with Crippen molar-refractivity contribution in [2.45, 2.75) is 24.8 Å². The Hall–Kier alpha value is -0.500. The van der Waals surface area contributed by atoms with E-state index in [1.807, 2.05) is 37.3 Å². The van der Waals surface area contributed by atoms with Gasteiger partial charge in [-0.05, 0) is 26.0 Å². The normalized spacial score (nSPS) is 15.2. The van der Waals surface area contributed by atoms with E-state index in [-0.39, 0.29) is 6.10 Å². The molecule has 2 atom stereocenters. The van der Waals surface area contributed by atoms with E-state index in [1.165, 1.54) is 0 Å². The van der Waals surface area contributed by atoms with Crippen molar-refractivity contribution in [1.29, 1.82) is 0 Å². The van der Waals surface area contributed by atoms with Crippen LogP contribution in [0.15, 0.2) is 30.3 Å². The Morgan fingerprint density at radius 3 is 2.25 bits per heavy atom. The van der Waals surface area contributed by atoms with Gasteiger partial charge in [-0.15, -0.1) is 0 Å². The molecule has 1 rings (SSSR count). The molecule has 12 heavy (non-hydrogen) atoms. The monoisotopic (exact) mass is 228 g/mol. The molecule has 1 aromatic carbocycles. The Labute approximate surface area is 81.9 Å². The van der Waals surface area contributed by atoms with Gasteiger partial charge in [0.15, 0.2) is 0 Å². The first-order chi connectivity index (χ1) is 5.70. The topological polar surface area (TPSA) is 9.23 Å². The summed E-state index contributed by atoms with van der Waals surface area (Å²) in [4.78, 5) is 0.373. The van der Waals surface area contributed by atoms with Crippen LogP contribution in [0.2, 0.25) is 0 Å². The zero-order chi connectivity index (χ0) is 8.97. The molecule has 0 N–H and O–H groups in total. The van der Waals surface area contributed by atoms with Crippen molar-refractivity contribution in [2.75, 3.05) is 0 Å². The second-order valence-electron chi connectivity index (χ2n) is 2.81. The summed E-state index contributed by atoms with van der Waals surface area (Å²) in [5.74, 6) is 0.927. The molecule has 0 aliphatic heterocycles. The Morgan fingerprint density at radius 2 is 1.75 bits per heavy atom. The van der Waals surface area contributed by atoms with Crippen LogP contribution < -0.4 is 4.74 Å². The van der Waals surface area contributed by atoms with Gasteiger partial charge in [0.25, 0.3) is 0 Å². The van der Waals surface area contributed by atoms with E-state index >= 15 is 0 Å². The lowest BCUT2D eigenvalue weighted by Gasteiger charge is -2.16. The summed E-state index contributed by atoms with van der Waals surface area (Å²) in [6, 6.07) is 9.86. The zero-order valence-electron chi connectivity index (χ0n) is 7.33. The summed E-state index contributed by atoms with van der Waals surface area (Å²) in [5.41, 5.74) is 0. The Kier molecular flexibility index (Phi) is 3.60. The van der Waals surface area contributed by atoms with E-state index in [2.05, 4.69) is 22.9 Å². The number of rotatable bonds is 3. The SMILES string of the molecule is CC(Br)[C@H](C)Oc1ccccc1. The highest BCUT2D eigenvalue weighted by Crippen LogP contribution is 2.15. The first kappa shape index (κ1) is 9.59. The average molecular weight is 229 g/mol. The summed E-state index contributed by atoms with van der Waals surface area (Å²) in [5, 5.41) is 0. The van der Waals surface area contributed by atoms with Crippen molar-refractivity contribution in [3.63, 3.8) is 0 Å². The zero-order valence-corrected chi connectivity index (χ0v) is 8.91. The predicted octanol–water partition coefficient (Wildman–Crippen LogP) is 3.24. The third-order valence-electron chi connectivity index (χ3n) is 1.71. The largest absolute Gasteiger partial charge is 0.490 e. The van der Waals surface area contributed by atoms with Crippen LogP contribution in [0.1, 0.15) is 13.8 Å². The molecule has 1 nitrogen and oxygen atoms in total. The second kappa shape index (κ2) is 4.51. The van der Waals surface area contributed by atoms with Crippen molar-refractivity contribution < 1.29 is 4.74 Å². The number of hydrogen-bond donors (Lipinski definition) is 0. The minimum absolute atomic E-state index is 0.201. The summed E-state index contributed by atoms with van der Waals surface area (Å²) in [7, 11) is 0. The van der Waals surface area contributed by atoms with Crippen LogP contribution in [0.5, 0.6) is 5.75 Å². The lowest BCUT2D eigenvalue weighted by molar-refractivity contribution is 0.225. The van der Waals surface area contributed by atoms with Crippen molar-refractivity contribution in [3.05, 3.63) is 30.3 Å². The maximum Gasteiger partial charge on any atom is 0.119 e. The summed E-state index contributed by atoms with van der Waals surface area (Å²) in [6.07, 6.45) is 0.201. The van der Waals surface area contributed by atoms with Crippen LogP contribution in [0.4, 0.5) is 0 Å². The van der Waals surface area contributed by atoms with Gasteiger partial charge in [0, 0.05) is 4.83 Å². The summed E-state index contributed by atoms with van der Waals surface area (Å²) < 4.78 is 5.63. The molecule has 1 unspecified atom stereocenters. The quantitative estimate of drug-likeness (QED) is 0.723. The first-order valence-electron chi connectivity index (χ1n) is 4.06. The number of para-hydroxylation sites is 1. The minimum atomic E-state index is 0.201. The van der Waals surface area contributed by atoms with Crippen LogP contribution in [0, 0.1) is 0 Å². The summed E-state index contributed by atoms with van der Waals surface area (Å²) >= 11 is 3.47. The van der Waals surface area contributed by atoms with E-state index in [0.717, 1.165) is 5.75 Å². The number of hydrogen-bond acceptors (Lipinski definition) is 1. The van der Waals surface area contributed by atoms with Gasteiger partial charge in [0.2, 0.25) is 0 Å². The van der Waals surface area contributed by atoms with E-state index in [1.54, 1.807) is 0 Å². The Bertz CT molecular complexity index is 221. The molecule has 0 amide bonds. The molecule has 0 aliphatic carbocycles. The van der Waals surface area contributed by atoms with Gasteiger partial charge < -0.3 is 4.74 Å². The fourth-order valence-corrected chi connectivity index (χ4v) is 0.915. The van der Waals surface area contributed by atoms with Gasteiger partial charge in [0.1, 0.15) is 11.9 Å². The van der Waals surface area contributed by atoms with Gasteiger partial charge >= 0.3 is 0 Å². The second-order valence-corrected chi connectivity index (χ2v) is 4.26. The van der Waals surface area contributed by atoms with Crippen molar-refractivity contribution in [3.8, 4) is 5.75 Å². The van der Waals surface area contributed by atoms with Crippen LogP contribution in [-0.2, 0) is 0 Å². The van der Waals surface area contributed by atoms with Crippen molar-refractivity contribution >= 4 is 15.9 Å². The maximum absolute atomic E-state index is 5.63. The molecule has 66 valence electrons. The lowest BCUT2D eigenvalue weighted by Crippen LogP contribution is -2.20. The van der Waals surface area contributed by atoms with E-state index in [9.17, 15) is 0 Å². The Morgan fingerprint density at radius 1 is 1.17 bits per heavy atom. The Balaban J connectivity index is 2.53. The standard InChI is InChI=1S/C10H13BrO/c1-8(11)9(2)12-10-6-4-3-5-7-10/h3-9H,1-2H3/t8?,9-/m0/s1. The molecule has 0 spiro atoms. The molecule has 0 aliphatic rings. The number of alkyl halides is 1. The van der Waals surface area contributed by atoms with E-state index < -0.39 is 0 Å². The molecule has 0 bridgehead atoms. The van der Waals surface area contributed by atoms with Crippen LogP contribution in [0.3, 0.4) is 0 Å². The number of halogens is 1. The van der Waals surface area contributed by atoms with Crippen LogP contribution in [0.25, 0.3) is 0 Å². The highest BCUT2D eigenvalue weighted by Gasteiger charge is 2.08. The molecule has 0 fully saturated rings. The van der Waals surface area contributed by atoms with E-state index in [0.29, 0.717) is 4.83 Å². The molecule has 0 saturated carbocycles. The van der Waals surface area contributed by atoms with E-state index in [4.69, 9.17) is 4.74 Å². The third-order valence-corrected chi connectivity index (χ3v) is 2.46. The number of benzene rings is 1. The molecule has 2 heteroatoms. The fourth-order valence-electron chi connectivity index (χ4n) is 0.807.